The van der Waals surface area contributed by atoms with E-state index in [0.29, 0.717) is 30.0 Å². The normalized spacial score (nSPS) is 16.4. The molecule has 0 aliphatic carbocycles. The summed E-state index contributed by atoms with van der Waals surface area (Å²) in [5, 5.41) is 22.8. The van der Waals surface area contributed by atoms with Gasteiger partial charge in [0.2, 0.25) is 0 Å². The van der Waals surface area contributed by atoms with Gasteiger partial charge in [0.25, 0.3) is 0 Å². The Morgan fingerprint density at radius 1 is 0.943 bits per heavy atom. The molecule has 3 aromatic carbocycles. The van der Waals surface area contributed by atoms with Crippen LogP contribution in [0.4, 0.5) is 0 Å². The molecule has 1 aliphatic heterocycles. The average molecular weight is 721 g/mol. The molecule has 53 heavy (non-hydrogen) atoms. The van der Waals surface area contributed by atoms with E-state index >= 15 is 0 Å². The number of hydrogen-bond donors (Lipinski definition) is 1. The van der Waals surface area contributed by atoms with Crippen molar-refractivity contribution in [3.8, 4) is 29.1 Å². The first-order chi connectivity index (χ1) is 25.7. The Kier molecular flexibility index (Phi) is 13.4. The molecule has 0 spiro atoms. The largest absolute Gasteiger partial charge is 0.506 e. The van der Waals surface area contributed by atoms with Crippen molar-refractivity contribution in [1.29, 1.82) is 5.26 Å². The van der Waals surface area contributed by atoms with Gasteiger partial charge in [0.15, 0.2) is 11.5 Å². The van der Waals surface area contributed by atoms with Gasteiger partial charge in [-0.2, -0.15) is 5.26 Å². The first-order valence-electron chi connectivity index (χ1n) is 18.8. The zero-order valence-corrected chi connectivity index (χ0v) is 32.5. The Morgan fingerprint density at radius 3 is 2.28 bits per heavy atom. The van der Waals surface area contributed by atoms with E-state index in [2.05, 4.69) is 42.8 Å². The number of pyridine rings is 1. The molecule has 1 N–H and O–H groups in total. The molecular formula is C44H56N4O5. The van der Waals surface area contributed by atoms with Gasteiger partial charge in [-0.15, -0.1) is 0 Å². The zero-order chi connectivity index (χ0) is 38.0. The number of nitrogens with zero attached hydrogens (tertiary/aromatic N) is 4. The minimum atomic E-state index is -0.983. The summed E-state index contributed by atoms with van der Waals surface area (Å²) in [6.45, 7) is 13.7. The number of nitriles is 1. The molecule has 1 aliphatic rings. The van der Waals surface area contributed by atoms with E-state index in [0.717, 1.165) is 73.8 Å². The second-order valence-electron chi connectivity index (χ2n) is 14.2. The number of ether oxygens (including phenoxy) is 4. The van der Waals surface area contributed by atoms with Crippen LogP contribution in [0.15, 0.2) is 79.0 Å². The van der Waals surface area contributed by atoms with Crippen LogP contribution < -0.4 is 14.2 Å². The fourth-order valence-electron chi connectivity index (χ4n) is 7.52. The highest BCUT2D eigenvalue weighted by Gasteiger charge is 2.48. The number of aromatic nitrogens is 1. The van der Waals surface area contributed by atoms with Gasteiger partial charge < -0.3 is 33.9 Å². The summed E-state index contributed by atoms with van der Waals surface area (Å²) in [6.07, 6.45) is 4.00. The number of aromatic hydroxyl groups is 1. The highest BCUT2D eigenvalue weighted by Crippen LogP contribution is 2.52. The van der Waals surface area contributed by atoms with Gasteiger partial charge in [0.05, 0.1) is 26.9 Å². The molecule has 9 nitrogen and oxygen atoms in total. The van der Waals surface area contributed by atoms with E-state index in [9.17, 15) is 10.4 Å². The lowest BCUT2D eigenvalue weighted by Gasteiger charge is -2.33. The lowest BCUT2D eigenvalue weighted by molar-refractivity contribution is 0.0263. The van der Waals surface area contributed by atoms with Crippen LogP contribution >= 0.6 is 0 Å². The van der Waals surface area contributed by atoms with Crippen LogP contribution in [0.25, 0.3) is 0 Å². The van der Waals surface area contributed by atoms with Crippen LogP contribution in [0.5, 0.6) is 23.0 Å². The summed E-state index contributed by atoms with van der Waals surface area (Å²) in [4.78, 5) is 9.55. The molecule has 5 rings (SSSR count). The molecule has 4 aromatic rings. The number of fused-ring (bicyclic) bond motifs is 1. The Morgan fingerprint density at radius 2 is 1.64 bits per heavy atom. The molecule has 2 atom stereocenters. The van der Waals surface area contributed by atoms with Gasteiger partial charge in [-0.25, -0.2) is 0 Å². The van der Waals surface area contributed by atoms with Gasteiger partial charge in [-0.3, -0.25) is 4.98 Å². The van der Waals surface area contributed by atoms with Crippen molar-refractivity contribution in [2.24, 2.45) is 5.92 Å². The molecule has 2 unspecified atom stereocenters. The fourth-order valence-corrected chi connectivity index (χ4v) is 7.52. The average Bonchev–Trinajstić information content (AvgIpc) is 3.59. The predicted octanol–water partition coefficient (Wildman–Crippen LogP) is 7.72. The maximum atomic E-state index is 12.0. The maximum absolute atomic E-state index is 12.0. The summed E-state index contributed by atoms with van der Waals surface area (Å²) in [5.74, 6) is 2.19. The molecule has 0 saturated heterocycles. The van der Waals surface area contributed by atoms with Crippen LogP contribution in [0.3, 0.4) is 0 Å². The first kappa shape index (κ1) is 39.6. The predicted molar refractivity (Wildman–Crippen MR) is 209 cm³/mol. The standard InChI is InChI=1S/C44H56N4O5/c1-8-48(9-2)26-27-52-36-19-17-35(18-20-36)44(34-14-11-10-12-15-34)38-29-46-42(41(49)37(38)30-53-44)43(31-45,32(3)4)23-13-24-47(5)25-22-33-16-21-39(50-6)40(28-33)51-7/h10-12,14-21,28-29,32,49H,8-9,13,22-27,30H2,1-7H3. The summed E-state index contributed by atoms with van der Waals surface area (Å²) in [6, 6.07) is 26.7. The van der Waals surface area contributed by atoms with Crippen molar-refractivity contribution < 1.29 is 24.1 Å². The van der Waals surface area contributed by atoms with E-state index in [1.807, 2.05) is 86.8 Å². The van der Waals surface area contributed by atoms with Crippen molar-refractivity contribution >= 4 is 0 Å². The molecule has 0 amide bonds. The third-order valence-electron chi connectivity index (χ3n) is 10.9. The maximum Gasteiger partial charge on any atom is 0.160 e. The van der Waals surface area contributed by atoms with Crippen molar-refractivity contribution in [3.63, 3.8) is 0 Å². The molecule has 9 heteroatoms. The molecule has 0 bridgehead atoms. The molecule has 0 fully saturated rings. The van der Waals surface area contributed by atoms with Gasteiger partial charge >= 0.3 is 0 Å². The first-order valence-corrected chi connectivity index (χ1v) is 18.8. The Balaban J connectivity index is 1.37. The summed E-state index contributed by atoms with van der Waals surface area (Å²) >= 11 is 0. The van der Waals surface area contributed by atoms with E-state index in [-0.39, 0.29) is 18.3 Å². The van der Waals surface area contributed by atoms with Crippen molar-refractivity contribution in [3.05, 3.63) is 113 Å². The zero-order valence-electron chi connectivity index (χ0n) is 32.5. The number of rotatable bonds is 19. The fraction of sp³-hybridized carbons (Fsp3) is 0.455. The molecular weight excluding hydrogens is 665 g/mol. The van der Waals surface area contributed by atoms with Gasteiger partial charge in [0, 0.05) is 30.4 Å². The third-order valence-corrected chi connectivity index (χ3v) is 10.9. The van der Waals surface area contributed by atoms with Gasteiger partial charge in [-0.05, 0) is 92.8 Å². The van der Waals surface area contributed by atoms with Crippen LogP contribution in [-0.2, 0) is 28.8 Å². The summed E-state index contributed by atoms with van der Waals surface area (Å²) in [5.41, 5.74) is 2.93. The monoisotopic (exact) mass is 720 g/mol. The lowest BCUT2D eigenvalue weighted by atomic mass is 9.71. The summed E-state index contributed by atoms with van der Waals surface area (Å²) < 4.78 is 23.7. The van der Waals surface area contributed by atoms with Crippen LogP contribution in [0.1, 0.15) is 74.0 Å². The quantitative estimate of drug-likeness (QED) is 0.104. The Hall–Kier alpha value is -4.62. The SMILES string of the molecule is CCN(CC)CCOc1ccc(C2(c3ccccc3)OCc3c2cnc(C(C#N)(CCCN(C)CCc2ccc(OC)c(OC)c2)C(C)C)c3O)cc1. The molecule has 0 saturated carbocycles. The van der Waals surface area contributed by atoms with Crippen molar-refractivity contribution in [1.82, 2.24) is 14.8 Å². The number of benzene rings is 3. The molecule has 0 radical (unpaired) electrons. The Bertz CT molecular complexity index is 1820. The topological polar surface area (TPSA) is 100 Å². The Labute approximate surface area is 316 Å². The van der Waals surface area contributed by atoms with Gasteiger partial charge in [0.1, 0.15) is 34.8 Å². The third kappa shape index (κ3) is 8.31. The molecule has 2 heterocycles. The van der Waals surface area contributed by atoms with E-state index in [1.165, 1.54) is 5.56 Å². The van der Waals surface area contributed by atoms with Crippen molar-refractivity contribution in [2.75, 3.05) is 60.6 Å². The van der Waals surface area contributed by atoms with Crippen LogP contribution in [-0.4, -0.2) is 80.5 Å². The number of hydrogen-bond acceptors (Lipinski definition) is 9. The second-order valence-corrected chi connectivity index (χ2v) is 14.2. The number of methoxy groups -OCH3 is 2. The van der Waals surface area contributed by atoms with Crippen LogP contribution in [0, 0.1) is 17.2 Å². The second kappa shape index (κ2) is 17.9. The highest BCUT2D eigenvalue weighted by atomic mass is 16.5. The minimum Gasteiger partial charge on any atom is -0.506 e. The minimum absolute atomic E-state index is 0.0497. The van der Waals surface area contributed by atoms with E-state index in [1.54, 1.807) is 14.2 Å². The van der Waals surface area contributed by atoms with Crippen molar-refractivity contribution in [2.45, 2.75) is 64.6 Å². The molecule has 1 aromatic heterocycles. The number of likely N-dealkylation sites (N-methyl/N-ethyl adjacent to an activating group) is 2. The van der Waals surface area contributed by atoms with E-state index < -0.39 is 11.0 Å². The highest BCUT2D eigenvalue weighted by molar-refractivity contribution is 5.58. The van der Waals surface area contributed by atoms with Gasteiger partial charge in [-0.1, -0.05) is 76.2 Å². The summed E-state index contributed by atoms with van der Waals surface area (Å²) in [7, 11) is 5.38. The van der Waals surface area contributed by atoms with E-state index in [4.69, 9.17) is 23.9 Å². The lowest BCUT2D eigenvalue weighted by Crippen LogP contribution is -2.34. The molecule has 282 valence electrons. The smallest absolute Gasteiger partial charge is 0.160 e. The van der Waals surface area contributed by atoms with Crippen LogP contribution in [0.2, 0.25) is 0 Å².